The number of halogens is 1. The van der Waals surface area contributed by atoms with E-state index in [9.17, 15) is 14.9 Å². The molecular formula is C11H11ClN2O3. The fourth-order valence-corrected chi connectivity index (χ4v) is 1.34. The molecule has 0 aliphatic rings. The molecular weight excluding hydrogens is 244 g/mol. The lowest BCUT2D eigenvalue weighted by molar-refractivity contribution is -0.384. The highest BCUT2D eigenvalue weighted by Gasteiger charge is 2.12. The van der Waals surface area contributed by atoms with Crippen molar-refractivity contribution in [3.63, 3.8) is 0 Å². The van der Waals surface area contributed by atoms with Crippen molar-refractivity contribution in [3.05, 3.63) is 51.1 Å². The normalized spacial score (nSPS) is 9.76. The summed E-state index contributed by atoms with van der Waals surface area (Å²) >= 11 is 5.50. The van der Waals surface area contributed by atoms with E-state index in [0.29, 0.717) is 10.6 Å². The van der Waals surface area contributed by atoms with Gasteiger partial charge in [-0.1, -0.05) is 18.2 Å². The maximum atomic E-state index is 11.6. The Kier molecular flexibility index (Phi) is 4.23. The third kappa shape index (κ3) is 3.88. The zero-order valence-corrected chi connectivity index (χ0v) is 9.95. The number of carbonyl (C=O) groups excluding carboxylic acids is 1. The molecule has 0 aliphatic heterocycles. The van der Waals surface area contributed by atoms with Gasteiger partial charge in [0, 0.05) is 22.7 Å². The van der Waals surface area contributed by atoms with E-state index in [1.807, 2.05) is 0 Å². The average molecular weight is 255 g/mol. The van der Waals surface area contributed by atoms with E-state index >= 15 is 0 Å². The van der Waals surface area contributed by atoms with Gasteiger partial charge >= 0.3 is 0 Å². The predicted octanol–water partition coefficient (Wildman–Crippen LogP) is 2.39. The Balaban J connectivity index is 2.93. The fourth-order valence-electron chi connectivity index (χ4n) is 1.28. The second-order valence-electron chi connectivity index (χ2n) is 3.51. The highest BCUT2D eigenvalue weighted by Crippen LogP contribution is 2.16. The molecule has 5 nitrogen and oxygen atoms in total. The second kappa shape index (κ2) is 5.45. The molecule has 17 heavy (non-hydrogen) atoms. The van der Waals surface area contributed by atoms with Crippen molar-refractivity contribution < 1.29 is 9.72 Å². The summed E-state index contributed by atoms with van der Waals surface area (Å²) in [6.07, 6.45) is 0. The fraction of sp³-hybridized carbons (Fsp3) is 0.182. The molecule has 1 aromatic rings. The Hall–Kier alpha value is -1.88. The van der Waals surface area contributed by atoms with Crippen LogP contribution in [0.25, 0.3) is 0 Å². The van der Waals surface area contributed by atoms with Crippen molar-refractivity contribution in [2.24, 2.45) is 0 Å². The second-order valence-corrected chi connectivity index (χ2v) is 4.05. The van der Waals surface area contributed by atoms with Crippen LogP contribution in [0.3, 0.4) is 0 Å². The molecule has 0 unspecified atom stereocenters. The van der Waals surface area contributed by atoms with Crippen LogP contribution in [0.1, 0.15) is 15.9 Å². The summed E-state index contributed by atoms with van der Waals surface area (Å²) in [5.74, 6) is -0.418. The number of hydrogen-bond acceptors (Lipinski definition) is 3. The van der Waals surface area contributed by atoms with Crippen molar-refractivity contribution in [2.45, 2.75) is 6.92 Å². The summed E-state index contributed by atoms with van der Waals surface area (Å²) < 4.78 is 0. The van der Waals surface area contributed by atoms with Crippen LogP contribution in [0.2, 0.25) is 0 Å². The van der Waals surface area contributed by atoms with E-state index in [-0.39, 0.29) is 17.8 Å². The molecule has 1 aromatic carbocycles. The number of aryl methyl sites for hydroxylation is 1. The van der Waals surface area contributed by atoms with Gasteiger partial charge in [-0.15, -0.1) is 0 Å². The smallest absolute Gasteiger partial charge is 0.270 e. The highest BCUT2D eigenvalue weighted by molar-refractivity contribution is 6.29. The van der Waals surface area contributed by atoms with Crippen LogP contribution >= 0.6 is 11.6 Å². The van der Waals surface area contributed by atoms with Crippen LogP contribution in [-0.2, 0) is 0 Å². The van der Waals surface area contributed by atoms with Crippen LogP contribution in [0.15, 0.2) is 29.8 Å². The molecule has 0 fully saturated rings. The lowest BCUT2D eigenvalue weighted by atomic mass is 10.1. The Morgan fingerprint density at radius 1 is 1.53 bits per heavy atom. The first kappa shape index (κ1) is 13.2. The Morgan fingerprint density at radius 3 is 2.71 bits per heavy atom. The summed E-state index contributed by atoms with van der Waals surface area (Å²) in [6.45, 7) is 5.24. The first-order chi connectivity index (χ1) is 7.90. The Bertz CT molecular complexity index is 486. The van der Waals surface area contributed by atoms with E-state index in [2.05, 4.69) is 11.9 Å². The zero-order valence-electron chi connectivity index (χ0n) is 9.20. The van der Waals surface area contributed by atoms with Gasteiger partial charge in [-0.2, -0.15) is 0 Å². The topological polar surface area (TPSA) is 72.2 Å². The van der Waals surface area contributed by atoms with Crippen LogP contribution in [0.4, 0.5) is 5.69 Å². The molecule has 0 spiro atoms. The predicted molar refractivity (Wildman–Crippen MR) is 65.2 cm³/mol. The number of amides is 1. The molecule has 1 N–H and O–H groups in total. The average Bonchev–Trinajstić information content (AvgIpc) is 2.24. The maximum absolute atomic E-state index is 11.6. The lowest BCUT2D eigenvalue weighted by Gasteiger charge is -2.04. The standard InChI is InChI=1S/C11H11ClN2O3/c1-7-3-9(5-10(4-7)14(16)17)11(15)13-6-8(2)12/h3-5H,2,6H2,1H3,(H,13,15). The summed E-state index contributed by atoms with van der Waals surface area (Å²) in [6, 6.07) is 4.19. The number of non-ortho nitro benzene ring substituents is 1. The zero-order chi connectivity index (χ0) is 13.0. The summed E-state index contributed by atoms with van der Waals surface area (Å²) in [7, 11) is 0. The van der Waals surface area contributed by atoms with Gasteiger partial charge in [-0.25, -0.2) is 0 Å². The maximum Gasteiger partial charge on any atom is 0.270 e. The minimum absolute atomic E-state index is 0.111. The number of carbonyl (C=O) groups is 1. The van der Waals surface area contributed by atoms with Gasteiger partial charge in [0.1, 0.15) is 0 Å². The number of nitro groups is 1. The quantitative estimate of drug-likeness (QED) is 0.662. The van der Waals surface area contributed by atoms with E-state index in [4.69, 9.17) is 11.6 Å². The van der Waals surface area contributed by atoms with E-state index in [0.717, 1.165) is 0 Å². The lowest BCUT2D eigenvalue weighted by Crippen LogP contribution is -2.24. The minimum atomic E-state index is -0.537. The third-order valence-corrected chi connectivity index (χ3v) is 2.11. The Labute approximate surface area is 103 Å². The molecule has 6 heteroatoms. The Morgan fingerprint density at radius 2 is 2.18 bits per heavy atom. The molecule has 0 aromatic heterocycles. The van der Waals surface area contributed by atoms with Gasteiger partial charge in [0.15, 0.2) is 0 Å². The molecule has 0 bridgehead atoms. The van der Waals surface area contributed by atoms with Crippen LogP contribution < -0.4 is 5.32 Å². The van der Waals surface area contributed by atoms with Gasteiger partial charge in [0.25, 0.3) is 11.6 Å². The van der Waals surface area contributed by atoms with Crippen molar-refractivity contribution in [1.29, 1.82) is 0 Å². The summed E-state index contributed by atoms with van der Waals surface area (Å²) in [4.78, 5) is 21.7. The van der Waals surface area contributed by atoms with Crippen LogP contribution in [0, 0.1) is 17.0 Å². The third-order valence-electron chi connectivity index (χ3n) is 1.98. The van der Waals surface area contributed by atoms with Gasteiger partial charge in [0.05, 0.1) is 11.5 Å². The summed E-state index contributed by atoms with van der Waals surface area (Å²) in [5.41, 5.74) is 0.767. The molecule has 0 radical (unpaired) electrons. The van der Waals surface area contributed by atoms with Crippen LogP contribution in [0.5, 0.6) is 0 Å². The molecule has 0 atom stereocenters. The first-order valence-electron chi connectivity index (χ1n) is 4.77. The van der Waals surface area contributed by atoms with Crippen LogP contribution in [-0.4, -0.2) is 17.4 Å². The number of rotatable bonds is 4. The van der Waals surface area contributed by atoms with Gasteiger partial charge < -0.3 is 5.32 Å². The number of benzene rings is 1. The van der Waals surface area contributed by atoms with Crippen molar-refractivity contribution in [3.8, 4) is 0 Å². The molecule has 0 aliphatic carbocycles. The largest absolute Gasteiger partial charge is 0.347 e. The SMILES string of the molecule is C=C(Cl)CNC(=O)c1cc(C)cc([N+](=O)[O-])c1. The molecule has 1 amide bonds. The number of hydrogen-bond donors (Lipinski definition) is 1. The van der Waals surface area contributed by atoms with E-state index in [1.165, 1.54) is 12.1 Å². The first-order valence-corrected chi connectivity index (χ1v) is 5.15. The number of nitro benzene ring substituents is 1. The van der Waals surface area contributed by atoms with Crippen molar-refractivity contribution in [1.82, 2.24) is 5.32 Å². The monoisotopic (exact) mass is 254 g/mol. The molecule has 90 valence electrons. The van der Waals surface area contributed by atoms with Crippen molar-refractivity contribution >= 4 is 23.2 Å². The molecule has 0 saturated heterocycles. The highest BCUT2D eigenvalue weighted by atomic mass is 35.5. The molecule has 1 rings (SSSR count). The van der Waals surface area contributed by atoms with E-state index < -0.39 is 10.8 Å². The number of nitrogens with one attached hydrogen (secondary N) is 1. The molecule has 0 heterocycles. The molecule has 0 saturated carbocycles. The number of nitrogens with zero attached hydrogens (tertiary/aromatic N) is 1. The summed E-state index contributed by atoms with van der Waals surface area (Å²) in [5, 5.41) is 13.4. The van der Waals surface area contributed by atoms with Gasteiger partial charge in [-0.3, -0.25) is 14.9 Å². The van der Waals surface area contributed by atoms with Crippen molar-refractivity contribution in [2.75, 3.05) is 6.54 Å². The minimum Gasteiger partial charge on any atom is -0.347 e. The van der Waals surface area contributed by atoms with E-state index in [1.54, 1.807) is 13.0 Å². The van der Waals surface area contributed by atoms with Gasteiger partial charge in [0.2, 0.25) is 0 Å². The van der Waals surface area contributed by atoms with Gasteiger partial charge in [-0.05, 0) is 18.6 Å².